The molecular weight excluding hydrogens is 258 g/mol. The van der Waals surface area contributed by atoms with Gasteiger partial charge in [0.2, 0.25) is 0 Å². The molecule has 110 valence electrons. The quantitative estimate of drug-likeness (QED) is 0.809. The second-order valence-electron chi connectivity index (χ2n) is 4.91. The lowest BCUT2D eigenvalue weighted by molar-refractivity contribution is -0.143. The summed E-state index contributed by atoms with van der Waals surface area (Å²) in [5.74, 6) is 0.107. The number of carbonyl (C=O) groups is 2. The summed E-state index contributed by atoms with van der Waals surface area (Å²) in [6.45, 7) is 3.96. The van der Waals surface area contributed by atoms with E-state index in [1.165, 1.54) is 14.2 Å². The van der Waals surface area contributed by atoms with Gasteiger partial charge >= 0.3 is 5.97 Å². The third-order valence-electron chi connectivity index (χ3n) is 2.83. The molecule has 0 saturated carbocycles. The molecule has 0 aliphatic heterocycles. The van der Waals surface area contributed by atoms with Gasteiger partial charge < -0.3 is 14.8 Å². The van der Waals surface area contributed by atoms with Gasteiger partial charge in [0.1, 0.15) is 11.8 Å². The monoisotopic (exact) mass is 279 g/mol. The minimum Gasteiger partial charge on any atom is -0.497 e. The number of carbonyl (C=O) groups excluding carboxylic acids is 2. The van der Waals surface area contributed by atoms with Crippen LogP contribution in [0.1, 0.15) is 30.6 Å². The number of methoxy groups -OCH3 is 2. The molecule has 0 aliphatic rings. The lowest BCUT2D eigenvalue weighted by Gasteiger charge is -2.18. The zero-order valence-electron chi connectivity index (χ0n) is 12.3. The first kappa shape index (κ1) is 16.0. The molecule has 1 amide bonds. The standard InChI is InChI=1S/C15H21NO4/c1-10(2)8-13(15(18)20-4)16-14(17)11-6-5-7-12(9-11)19-3/h5-7,9-10,13H,8H2,1-4H3,(H,16,17). The molecule has 5 nitrogen and oxygen atoms in total. The molecule has 1 aromatic carbocycles. The maximum absolute atomic E-state index is 12.2. The molecule has 0 spiro atoms. The summed E-state index contributed by atoms with van der Waals surface area (Å²) in [6.07, 6.45) is 0.530. The van der Waals surface area contributed by atoms with Gasteiger partial charge in [-0.1, -0.05) is 19.9 Å². The minimum absolute atomic E-state index is 0.268. The van der Waals surface area contributed by atoms with Crippen molar-refractivity contribution in [3.05, 3.63) is 29.8 Å². The number of hydrogen-bond acceptors (Lipinski definition) is 4. The largest absolute Gasteiger partial charge is 0.497 e. The van der Waals surface area contributed by atoms with Crippen LogP contribution in [0.5, 0.6) is 5.75 Å². The molecule has 0 radical (unpaired) electrons. The second kappa shape index (κ2) is 7.53. The van der Waals surface area contributed by atoms with Crippen LogP contribution in [0.25, 0.3) is 0 Å². The van der Waals surface area contributed by atoms with E-state index < -0.39 is 12.0 Å². The number of nitrogens with one attached hydrogen (secondary N) is 1. The molecule has 1 aromatic rings. The van der Waals surface area contributed by atoms with E-state index in [1.54, 1.807) is 24.3 Å². The third-order valence-corrected chi connectivity index (χ3v) is 2.83. The fourth-order valence-corrected chi connectivity index (χ4v) is 1.83. The highest BCUT2D eigenvalue weighted by molar-refractivity contribution is 5.97. The molecule has 0 saturated heterocycles. The Balaban J connectivity index is 2.81. The molecule has 0 aromatic heterocycles. The van der Waals surface area contributed by atoms with Gasteiger partial charge in [0.05, 0.1) is 14.2 Å². The van der Waals surface area contributed by atoms with Crippen molar-refractivity contribution in [2.45, 2.75) is 26.3 Å². The Labute approximate surface area is 119 Å². The van der Waals surface area contributed by atoms with Gasteiger partial charge in [0.25, 0.3) is 5.91 Å². The lowest BCUT2D eigenvalue weighted by atomic mass is 10.0. The van der Waals surface area contributed by atoms with Gasteiger partial charge in [0, 0.05) is 5.56 Å². The number of benzene rings is 1. The van der Waals surface area contributed by atoms with Crippen molar-refractivity contribution < 1.29 is 19.1 Å². The van der Waals surface area contributed by atoms with Crippen molar-refractivity contribution in [2.24, 2.45) is 5.92 Å². The maximum Gasteiger partial charge on any atom is 0.328 e. The molecule has 1 rings (SSSR count). The van der Waals surface area contributed by atoms with Gasteiger partial charge in [-0.05, 0) is 30.5 Å². The molecule has 1 unspecified atom stereocenters. The normalized spacial score (nSPS) is 11.8. The van der Waals surface area contributed by atoms with Crippen molar-refractivity contribution in [2.75, 3.05) is 14.2 Å². The molecule has 0 fully saturated rings. The van der Waals surface area contributed by atoms with Gasteiger partial charge in [0.15, 0.2) is 0 Å². The van der Waals surface area contributed by atoms with Crippen molar-refractivity contribution in [1.29, 1.82) is 0 Å². The van der Waals surface area contributed by atoms with Crippen molar-refractivity contribution in [3.63, 3.8) is 0 Å². The van der Waals surface area contributed by atoms with E-state index >= 15 is 0 Å². The average molecular weight is 279 g/mol. The molecular formula is C15H21NO4. The Morgan fingerprint density at radius 2 is 1.95 bits per heavy atom. The number of rotatable bonds is 6. The summed E-state index contributed by atoms with van der Waals surface area (Å²) in [5, 5.41) is 2.70. The zero-order valence-corrected chi connectivity index (χ0v) is 12.3. The Kier molecular flexibility index (Phi) is 6.03. The molecule has 1 atom stereocenters. The number of ether oxygens (including phenoxy) is 2. The van der Waals surface area contributed by atoms with Crippen LogP contribution in [-0.2, 0) is 9.53 Å². The second-order valence-corrected chi connectivity index (χ2v) is 4.91. The topological polar surface area (TPSA) is 64.6 Å². The summed E-state index contributed by atoms with van der Waals surface area (Å²) < 4.78 is 9.79. The zero-order chi connectivity index (χ0) is 15.1. The van der Waals surface area contributed by atoms with E-state index in [2.05, 4.69) is 5.32 Å². The van der Waals surface area contributed by atoms with Gasteiger partial charge in [-0.3, -0.25) is 4.79 Å². The van der Waals surface area contributed by atoms with Crippen LogP contribution < -0.4 is 10.1 Å². The van der Waals surface area contributed by atoms with Crippen LogP contribution >= 0.6 is 0 Å². The average Bonchev–Trinajstić information content (AvgIpc) is 2.45. The number of esters is 1. The van der Waals surface area contributed by atoms with Crippen LogP contribution in [0.2, 0.25) is 0 Å². The van der Waals surface area contributed by atoms with Crippen LogP contribution in [0.15, 0.2) is 24.3 Å². The Morgan fingerprint density at radius 1 is 1.25 bits per heavy atom. The predicted molar refractivity (Wildman–Crippen MR) is 75.7 cm³/mol. The fourth-order valence-electron chi connectivity index (χ4n) is 1.83. The molecule has 1 N–H and O–H groups in total. The van der Waals surface area contributed by atoms with Crippen LogP contribution in [0, 0.1) is 5.92 Å². The summed E-state index contributed by atoms with van der Waals surface area (Å²) in [6, 6.07) is 6.13. The SMILES string of the molecule is COC(=O)C(CC(C)C)NC(=O)c1cccc(OC)c1. The highest BCUT2D eigenvalue weighted by atomic mass is 16.5. The summed E-state index contributed by atoms with van der Waals surface area (Å²) >= 11 is 0. The predicted octanol–water partition coefficient (Wildman–Crippen LogP) is 2.01. The van der Waals surface area contributed by atoms with Gasteiger partial charge in [-0.25, -0.2) is 4.79 Å². The third kappa shape index (κ3) is 4.57. The highest BCUT2D eigenvalue weighted by Crippen LogP contribution is 2.13. The minimum atomic E-state index is -0.640. The molecule has 0 bridgehead atoms. The smallest absolute Gasteiger partial charge is 0.328 e. The summed E-state index contributed by atoms with van der Waals surface area (Å²) in [5.41, 5.74) is 0.446. The first-order chi connectivity index (χ1) is 9.47. The van der Waals surface area contributed by atoms with Crippen molar-refractivity contribution >= 4 is 11.9 Å². The van der Waals surface area contributed by atoms with E-state index in [-0.39, 0.29) is 11.8 Å². The van der Waals surface area contributed by atoms with Gasteiger partial charge in [-0.15, -0.1) is 0 Å². The van der Waals surface area contributed by atoms with Gasteiger partial charge in [-0.2, -0.15) is 0 Å². The summed E-state index contributed by atoms with van der Waals surface area (Å²) in [7, 11) is 2.85. The first-order valence-corrected chi connectivity index (χ1v) is 6.50. The molecule has 0 heterocycles. The fraction of sp³-hybridized carbons (Fsp3) is 0.467. The lowest BCUT2D eigenvalue weighted by Crippen LogP contribution is -2.42. The van der Waals surface area contributed by atoms with Crippen LogP contribution in [0.3, 0.4) is 0 Å². The Morgan fingerprint density at radius 3 is 2.50 bits per heavy atom. The molecule has 20 heavy (non-hydrogen) atoms. The van der Waals surface area contributed by atoms with E-state index in [0.717, 1.165) is 0 Å². The van der Waals surface area contributed by atoms with Crippen molar-refractivity contribution in [3.8, 4) is 5.75 Å². The Bertz CT molecular complexity index is 471. The summed E-state index contributed by atoms with van der Waals surface area (Å²) in [4.78, 5) is 23.8. The number of hydrogen-bond donors (Lipinski definition) is 1. The Hall–Kier alpha value is -2.04. The van der Waals surface area contributed by atoms with E-state index in [0.29, 0.717) is 17.7 Å². The van der Waals surface area contributed by atoms with E-state index in [9.17, 15) is 9.59 Å². The van der Waals surface area contributed by atoms with Crippen molar-refractivity contribution in [1.82, 2.24) is 5.32 Å². The maximum atomic E-state index is 12.2. The molecule has 5 heteroatoms. The van der Waals surface area contributed by atoms with Crippen LogP contribution in [-0.4, -0.2) is 32.1 Å². The van der Waals surface area contributed by atoms with E-state index in [1.807, 2.05) is 13.8 Å². The van der Waals surface area contributed by atoms with E-state index in [4.69, 9.17) is 9.47 Å². The number of amides is 1. The van der Waals surface area contributed by atoms with Crippen LogP contribution in [0.4, 0.5) is 0 Å². The molecule has 0 aliphatic carbocycles. The first-order valence-electron chi connectivity index (χ1n) is 6.50. The highest BCUT2D eigenvalue weighted by Gasteiger charge is 2.23.